The zero-order chi connectivity index (χ0) is 14.9. The van der Waals surface area contributed by atoms with Crippen molar-refractivity contribution in [3.8, 4) is 11.8 Å². The van der Waals surface area contributed by atoms with E-state index in [1.54, 1.807) is 24.5 Å². The van der Waals surface area contributed by atoms with Crippen LogP contribution in [0.25, 0.3) is 0 Å². The minimum absolute atomic E-state index is 0.409. The number of nitrogens with zero attached hydrogens (tertiary/aromatic N) is 2. The Hall–Kier alpha value is -2.14. The number of ether oxygens (including phenoxy) is 3. The third-order valence-electron chi connectivity index (χ3n) is 2.75. The molecule has 0 aliphatic rings. The largest absolute Gasteiger partial charge is 0.448 e. The predicted octanol–water partition coefficient (Wildman–Crippen LogP) is 3.42. The van der Waals surface area contributed by atoms with Crippen LogP contribution in [-0.4, -0.2) is 22.5 Å². The first-order chi connectivity index (χ1) is 10.3. The smallest absolute Gasteiger partial charge is 0.215 e. The average molecular weight is 288 g/mol. The van der Waals surface area contributed by atoms with E-state index in [1.807, 2.05) is 38.1 Å². The van der Waals surface area contributed by atoms with Gasteiger partial charge in [-0.3, -0.25) is 0 Å². The van der Waals surface area contributed by atoms with Crippen molar-refractivity contribution in [3.05, 3.63) is 48.8 Å². The summed E-state index contributed by atoms with van der Waals surface area (Å²) in [5.74, 6) is 1.08. The summed E-state index contributed by atoms with van der Waals surface area (Å²) in [7, 11) is 0. The van der Waals surface area contributed by atoms with Crippen LogP contribution in [0.4, 0.5) is 0 Å². The van der Waals surface area contributed by atoms with Gasteiger partial charge < -0.3 is 14.2 Å². The molecule has 112 valence electrons. The van der Waals surface area contributed by atoms with E-state index in [1.165, 1.54) is 0 Å². The standard InChI is InChI=1S/C16H20N2O3/c1-3-15(19-13-9-5-7-11-17-13)21-16(4-2)20-14-10-6-8-12-18-14/h5-12,15-16H,3-4H2,1-2H3. The van der Waals surface area contributed by atoms with Crippen molar-refractivity contribution in [1.82, 2.24) is 9.97 Å². The molecule has 2 heterocycles. The molecule has 0 fully saturated rings. The quantitative estimate of drug-likeness (QED) is 0.697. The van der Waals surface area contributed by atoms with E-state index in [0.717, 1.165) is 0 Å². The second-order valence-corrected chi connectivity index (χ2v) is 4.38. The first-order valence-electron chi connectivity index (χ1n) is 7.12. The Balaban J connectivity index is 1.92. The lowest BCUT2D eigenvalue weighted by Crippen LogP contribution is -2.30. The van der Waals surface area contributed by atoms with Gasteiger partial charge in [0, 0.05) is 37.4 Å². The molecule has 2 rings (SSSR count). The van der Waals surface area contributed by atoms with Gasteiger partial charge in [0.2, 0.25) is 24.3 Å². The van der Waals surface area contributed by atoms with Gasteiger partial charge in [-0.2, -0.15) is 0 Å². The van der Waals surface area contributed by atoms with Gasteiger partial charge in [-0.25, -0.2) is 9.97 Å². The number of hydrogen-bond acceptors (Lipinski definition) is 5. The van der Waals surface area contributed by atoms with Crippen molar-refractivity contribution >= 4 is 0 Å². The van der Waals surface area contributed by atoms with E-state index in [9.17, 15) is 0 Å². The summed E-state index contributed by atoms with van der Waals surface area (Å²) in [4.78, 5) is 8.26. The lowest BCUT2D eigenvalue weighted by Gasteiger charge is -2.23. The van der Waals surface area contributed by atoms with Crippen LogP contribution >= 0.6 is 0 Å². The van der Waals surface area contributed by atoms with E-state index in [-0.39, 0.29) is 0 Å². The van der Waals surface area contributed by atoms with E-state index in [0.29, 0.717) is 24.6 Å². The number of hydrogen-bond donors (Lipinski definition) is 0. The highest BCUT2D eigenvalue weighted by Crippen LogP contribution is 2.15. The highest BCUT2D eigenvalue weighted by atomic mass is 16.8. The molecule has 0 saturated heterocycles. The van der Waals surface area contributed by atoms with Gasteiger partial charge in [-0.1, -0.05) is 26.0 Å². The molecule has 0 aromatic carbocycles. The molecular weight excluding hydrogens is 268 g/mol. The van der Waals surface area contributed by atoms with E-state index < -0.39 is 12.6 Å². The van der Waals surface area contributed by atoms with Crippen molar-refractivity contribution in [2.45, 2.75) is 39.3 Å². The highest BCUT2D eigenvalue weighted by molar-refractivity contribution is 5.10. The molecular formula is C16H20N2O3. The van der Waals surface area contributed by atoms with Gasteiger partial charge in [0.1, 0.15) is 0 Å². The van der Waals surface area contributed by atoms with Crippen molar-refractivity contribution in [2.24, 2.45) is 0 Å². The van der Waals surface area contributed by atoms with Gasteiger partial charge in [0.25, 0.3) is 0 Å². The molecule has 5 heteroatoms. The summed E-state index contributed by atoms with van der Waals surface area (Å²) in [6.45, 7) is 3.97. The highest BCUT2D eigenvalue weighted by Gasteiger charge is 2.17. The lowest BCUT2D eigenvalue weighted by atomic mass is 10.4. The van der Waals surface area contributed by atoms with Gasteiger partial charge in [0.15, 0.2) is 0 Å². The molecule has 0 aliphatic carbocycles. The summed E-state index contributed by atoms with van der Waals surface area (Å²) < 4.78 is 17.2. The molecule has 2 unspecified atom stereocenters. The fourth-order valence-electron chi connectivity index (χ4n) is 1.69. The van der Waals surface area contributed by atoms with Crippen LogP contribution in [0.1, 0.15) is 26.7 Å². The maximum atomic E-state index is 5.83. The summed E-state index contributed by atoms with van der Waals surface area (Å²) in [6, 6.07) is 11.0. The first-order valence-corrected chi connectivity index (χ1v) is 7.12. The van der Waals surface area contributed by atoms with Crippen molar-refractivity contribution in [3.63, 3.8) is 0 Å². The Labute approximate surface area is 124 Å². The van der Waals surface area contributed by atoms with Crippen molar-refractivity contribution < 1.29 is 14.2 Å². The van der Waals surface area contributed by atoms with Crippen LogP contribution in [0.5, 0.6) is 11.8 Å². The minimum atomic E-state index is -0.409. The zero-order valence-electron chi connectivity index (χ0n) is 12.3. The molecule has 0 saturated carbocycles. The predicted molar refractivity (Wildman–Crippen MR) is 79.0 cm³/mol. The average Bonchev–Trinajstić information content (AvgIpc) is 2.55. The molecule has 5 nitrogen and oxygen atoms in total. The Bertz CT molecular complexity index is 460. The molecule has 0 aliphatic heterocycles. The maximum Gasteiger partial charge on any atom is 0.215 e. The second kappa shape index (κ2) is 8.21. The van der Waals surface area contributed by atoms with Crippen LogP contribution < -0.4 is 9.47 Å². The molecule has 0 amide bonds. The summed E-state index contributed by atoms with van der Waals surface area (Å²) in [6.07, 6.45) is 3.94. The fraction of sp³-hybridized carbons (Fsp3) is 0.375. The van der Waals surface area contributed by atoms with E-state index in [4.69, 9.17) is 14.2 Å². The molecule has 0 radical (unpaired) electrons. The minimum Gasteiger partial charge on any atom is -0.448 e. The van der Waals surface area contributed by atoms with E-state index in [2.05, 4.69) is 9.97 Å². The fourth-order valence-corrected chi connectivity index (χ4v) is 1.69. The topological polar surface area (TPSA) is 53.5 Å². The Kier molecular flexibility index (Phi) is 5.97. The first kappa shape index (κ1) is 15.3. The van der Waals surface area contributed by atoms with Crippen LogP contribution in [0, 0.1) is 0 Å². The van der Waals surface area contributed by atoms with Crippen LogP contribution in [0.3, 0.4) is 0 Å². The zero-order valence-corrected chi connectivity index (χ0v) is 12.3. The monoisotopic (exact) mass is 288 g/mol. The number of rotatable bonds is 8. The van der Waals surface area contributed by atoms with E-state index >= 15 is 0 Å². The Morgan fingerprint density at radius 3 is 1.62 bits per heavy atom. The summed E-state index contributed by atoms with van der Waals surface area (Å²) >= 11 is 0. The number of aromatic nitrogens is 2. The Morgan fingerprint density at radius 1 is 0.810 bits per heavy atom. The lowest BCUT2D eigenvalue weighted by molar-refractivity contribution is -0.188. The Morgan fingerprint density at radius 2 is 1.29 bits per heavy atom. The summed E-state index contributed by atoms with van der Waals surface area (Å²) in [5.41, 5.74) is 0. The third-order valence-corrected chi connectivity index (χ3v) is 2.75. The molecule has 2 aromatic heterocycles. The molecule has 0 spiro atoms. The normalized spacial score (nSPS) is 13.4. The van der Waals surface area contributed by atoms with Crippen LogP contribution in [0.2, 0.25) is 0 Å². The van der Waals surface area contributed by atoms with Gasteiger partial charge in [-0.15, -0.1) is 0 Å². The SMILES string of the molecule is CCC(Oc1ccccn1)OC(CC)Oc1ccccn1. The molecule has 2 atom stereocenters. The molecule has 21 heavy (non-hydrogen) atoms. The van der Waals surface area contributed by atoms with Gasteiger partial charge >= 0.3 is 0 Å². The van der Waals surface area contributed by atoms with Gasteiger partial charge in [-0.05, 0) is 12.1 Å². The van der Waals surface area contributed by atoms with Crippen molar-refractivity contribution in [2.75, 3.05) is 0 Å². The number of pyridine rings is 2. The molecule has 2 aromatic rings. The summed E-state index contributed by atoms with van der Waals surface area (Å²) in [5, 5.41) is 0. The molecule has 0 bridgehead atoms. The maximum absolute atomic E-state index is 5.83. The van der Waals surface area contributed by atoms with Crippen LogP contribution in [0.15, 0.2) is 48.8 Å². The van der Waals surface area contributed by atoms with Crippen LogP contribution in [-0.2, 0) is 4.74 Å². The van der Waals surface area contributed by atoms with Crippen molar-refractivity contribution in [1.29, 1.82) is 0 Å². The third kappa shape index (κ3) is 5.04. The van der Waals surface area contributed by atoms with Gasteiger partial charge in [0.05, 0.1) is 0 Å². The molecule has 0 N–H and O–H groups in total. The second-order valence-electron chi connectivity index (χ2n) is 4.38.